The summed E-state index contributed by atoms with van der Waals surface area (Å²) in [7, 11) is 0. The Labute approximate surface area is 144 Å². The van der Waals surface area contributed by atoms with Gasteiger partial charge in [0.25, 0.3) is 0 Å². The summed E-state index contributed by atoms with van der Waals surface area (Å²) in [6.07, 6.45) is 1.79. The van der Waals surface area contributed by atoms with Crippen molar-refractivity contribution in [1.29, 1.82) is 0 Å². The highest BCUT2D eigenvalue weighted by Crippen LogP contribution is 2.26. The van der Waals surface area contributed by atoms with E-state index in [1.165, 1.54) is 0 Å². The third-order valence-corrected chi connectivity index (χ3v) is 5.03. The Bertz CT molecular complexity index is 768. The van der Waals surface area contributed by atoms with Gasteiger partial charge in [0.05, 0.1) is 11.9 Å². The number of rotatable bonds is 6. The summed E-state index contributed by atoms with van der Waals surface area (Å²) in [6, 6.07) is 11.5. The van der Waals surface area contributed by atoms with Crippen LogP contribution in [0.5, 0.6) is 0 Å². The summed E-state index contributed by atoms with van der Waals surface area (Å²) >= 11 is 7.61. The van der Waals surface area contributed by atoms with Crippen LogP contribution in [0.4, 0.5) is 0 Å². The van der Waals surface area contributed by atoms with E-state index >= 15 is 0 Å². The molecular formula is C17H18ClN3OS. The molecule has 0 bridgehead atoms. The van der Waals surface area contributed by atoms with E-state index in [0.29, 0.717) is 18.1 Å². The standard InChI is InChI=1S/C17H18ClN3OS/c1-17(22,15-6-3-7-23-15)11-19-9-13-10-20-21-16(13)12-4-2-5-14(18)8-12/h2-8,10,19,22H,9,11H2,1H3,(H,20,21). The number of halogens is 1. The van der Waals surface area contributed by atoms with Gasteiger partial charge in [0.2, 0.25) is 0 Å². The maximum absolute atomic E-state index is 10.5. The first-order valence-electron chi connectivity index (χ1n) is 7.31. The van der Waals surface area contributed by atoms with E-state index in [0.717, 1.165) is 21.7 Å². The summed E-state index contributed by atoms with van der Waals surface area (Å²) in [6.45, 7) is 2.90. The Balaban J connectivity index is 1.67. The molecule has 3 aromatic rings. The van der Waals surface area contributed by atoms with Crippen LogP contribution in [0.3, 0.4) is 0 Å². The normalized spacial score (nSPS) is 13.9. The van der Waals surface area contributed by atoms with Gasteiger partial charge in [-0.1, -0.05) is 29.8 Å². The number of aliphatic hydroxyl groups is 1. The number of nitrogens with one attached hydrogen (secondary N) is 2. The third-order valence-electron chi connectivity index (χ3n) is 3.67. The fraction of sp³-hybridized carbons (Fsp3) is 0.235. The zero-order valence-corrected chi connectivity index (χ0v) is 14.3. The topological polar surface area (TPSA) is 60.9 Å². The number of aromatic amines is 1. The lowest BCUT2D eigenvalue weighted by molar-refractivity contribution is 0.0604. The molecule has 23 heavy (non-hydrogen) atoms. The molecular weight excluding hydrogens is 330 g/mol. The van der Waals surface area contributed by atoms with Gasteiger partial charge < -0.3 is 10.4 Å². The van der Waals surface area contributed by atoms with E-state index in [9.17, 15) is 5.11 Å². The Hall–Kier alpha value is -1.66. The van der Waals surface area contributed by atoms with Crippen LogP contribution < -0.4 is 5.32 Å². The number of aromatic nitrogens is 2. The van der Waals surface area contributed by atoms with Crippen molar-refractivity contribution in [3.63, 3.8) is 0 Å². The fourth-order valence-corrected chi connectivity index (χ4v) is 3.43. The van der Waals surface area contributed by atoms with Crippen LogP contribution in [0.25, 0.3) is 11.3 Å². The lowest BCUT2D eigenvalue weighted by Gasteiger charge is -2.22. The van der Waals surface area contributed by atoms with E-state index in [1.807, 2.05) is 48.7 Å². The van der Waals surface area contributed by atoms with Gasteiger partial charge in [-0.2, -0.15) is 5.10 Å². The van der Waals surface area contributed by atoms with Crippen molar-refractivity contribution in [3.05, 3.63) is 63.4 Å². The molecule has 6 heteroatoms. The molecule has 1 aromatic carbocycles. The van der Waals surface area contributed by atoms with Crippen LogP contribution in [0.1, 0.15) is 17.4 Å². The molecule has 0 radical (unpaired) electrons. The van der Waals surface area contributed by atoms with Crippen molar-refractivity contribution in [2.75, 3.05) is 6.54 Å². The largest absolute Gasteiger partial charge is 0.383 e. The number of nitrogens with zero attached hydrogens (tertiary/aromatic N) is 1. The van der Waals surface area contributed by atoms with Crippen molar-refractivity contribution in [2.45, 2.75) is 19.1 Å². The van der Waals surface area contributed by atoms with Gasteiger partial charge >= 0.3 is 0 Å². The molecule has 0 aliphatic rings. The molecule has 0 amide bonds. The first kappa shape index (κ1) is 16.2. The number of thiophene rings is 1. The van der Waals surface area contributed by atoms with Crippen LogP contribution in [-0.2, 0) is 12.1 Å². The van der Waals surface area contributed by atoms with Crippen LogP contribution in [0, 0.1) is 0 Å². The van der Waals surface area contributed by atoms with Crippen molar-refractivity contribution in [1.82, 2.24) is 15.5 Å². The first-order valence-corrected chi connectivity index (χ1v) is 8.57. The Kier molecular flexibility index (Phi) is 4.82. The predicted octanol–water partition coefficient (Wildman–Crippen LogP) is 3.79. The second kappa shape index (κ2) is 6.84. The van der Waals surface area contributed by atoms with Gasteiger partial charge in [-0.25, -0.2) is 0 Å². The van der Waals surface area contributed by atoms with E-state index in [-0.39, 0.29) is 0 Å². The molecule has 0 aliphatic carbocycles. The van der Waals surface area contributed by atoms with Crippen molar-refractivity contribution < 1.29 is 5.11 Å². The predicted molar refractivity (Wildman–Crippen MR) is 94.6 cm³/mol. The van der Waals surface area contributed by atoms with Gasteiger partial charge in [-0.3, -0.25) is 5.10 Å². The molecule has 0 aliphatic heterocycles. The van der Waals surface area contributed by atoms with Crippen LogP contribution >= 0.6 is 22.9 Å². The molecule has 0 saturated carbocycles. The Morgan fingerprint density at radius 1 is 1.35 bits per heavy atom. The van der Waals surface area contributed by atoms with Crippen LogP contribution in [-0.4, -0.2) is 21.8 Å². The van der Waals surface area contributed by atoms with Gasteiger partial charge in [-0.15, -0.1) is 11.3 Å². The minimum atomic E-state index is -0.881. The third kappa shape index (κ3) is 3.82. The lowest BCUT2D eigenvalue weighted by Crippen LogP contribution is -2.34. The van der Waals surface area contributed by atoms with Crippen molar-refractivity contribution in [2.24, 2.45) is 0 Å². The SMILES string of the molecule is CC(O)(CNCc1cn[nH]c1-c1cccc(Cl)c1)c1cccs1. The molecule has 0 saturated heterocycles. The summed E-state index contributed by atoms with van der Waals surface area (Å²) in [4.78, 5) is 0.951. The van der Waals surface area contributed by atoms with E-state index < -0.39 is 5.60 Å². The average Bonchev–Trinajstić information content (AvgIpc) is 3.19. The molecule has 3 rings (SSSR count). The number of H-pyrrole nitrogens is 1. The molecule has 1 atom stereocenters. The van der Waals surface area contributed by atoms with Gasteiger partial charge in [0.1, 0.15) is 5.60 Å². The molecule has 1 unspecified atom stereocenters. The zero-order chi connectivity index (χ0) is 16.3. The highest BCUT2D eigenvalue weighted by molar-refractivity contribution is 7.10. The second-order valence-electron chi connectivity index (χ2n) is 5.64. The van der Waals surface area contributed by atoms with Gasteiger partial charge in [0.15, 0.2) is 0 Å². The Morgan fingerprint density at radius 2 is 2.22 bits per heavy atom. The van der Waals surface area contributed by atoms with E-state index in [4.69, 9.17) is 11.6 Å². The van der Waals surface area contributed by atoms with Gasteiger partial charge in [0, 0.05) is 34.1 Å². The van der Waals surface area contributed by atoms with E-state index in [2.05, 4.69) is 15.5 Å². The van der Waals surface area contributed by atoms with Crippen LogP contribution in [0.15, 0.2) is 48.0 Å². The molecule has 2 aromatic heterocycles. The Morgan fingerprint density at radius 3 is 2.96 bits per heavy atom. The van der Waals surface area contributed by atoms with Crippen molar-refractivity contribution in [3.8, 4) is 11.3 Å². The highest BCUT2D eigenvalue weighted by atomic mass is 35.5. The first-order chi connectivity index (χ1) is 11.1. The molecule has 2 heterocycles. The monoisotopic (exact) mass is 347 g/mol. The van der Waals surface area contributed by atoms with E-state index in [1.54, 1.807) is 17.5 Å². The summed E-state index contributed by atoms with van der Waals surface area (Å²) in [5.41, 5.74) is 2.09. The van der Waals surface area contributed by atoms with Crippen LogP contribution in [0.2, 0.25) is 5.02 Å². The fourth-order valence-electron chi connectivity index (χ4n) is 2.45. The highest BCUT2D eigenvalue weighted by Gasteiger charge is 2.23. The maximum atomic E-state index is 10.5. The number of benzene rings is 1. The number of hydrogen-bond acceptors (Lipinski definition) is 4. The lowest BCUT2D eigenvalue weighted by atomic mass is 10.0. The minimum absolute atomic E-state index is 0.466. The summed E-state index contributed by atoms with van der Waals surface area (Å²) in [5.74, 6) is 0. The van der Waals surface area contributed by atoms with Gasteiger partial charge in [-0.05, 0) is 30.5 Å². The molecule has 0 spiro atoms. The molecule has 0 fully saturated rings. The maximum Gasteiger partial charge on any atom is 0.108 e. The zero-order valence-electron chi connectivity index (χ0n) is 12.7. The average molecular weight is 348 g/mol. The summed E-state index contributed by atoms with van der Waals surface area (Å²) < 4.78 is 0. The van der Waals surface area contributed by atoms with Crippen molar-refractivity contribution >= 4 is 22.9 Å². The quantitative estimate of drug-likeness (QED) is 0.635. The molecule has 120 valence electrons. The molecule has 4 nitrogen and oxygen atoms in total. The molecule has 3 N–H and O–H groups in total. The minimum Gasteiger partial charge on any atom is -0.383 e. The smallest absolute Gasteiger partial charge is 0.108 e. The second-order valence-corrected chi connectivity index (χ2v) is 7.02. The number of hydrogen-bond donors (Lipinski definition) is 3. The summed E-state index contributed by atoms with van der Waals surface area (Å²) in [5, 5.41) is 23.6.